The van der Waals surface area contributed by atoms with Crippen LogP contribution in [-0.2, 0) is 19.1 Å². The molecule has 2 aliphatic heterocycles. The number of hydrogen-bond acceptors (Lipinski definition) is 11. The maximum Gasteiger partial charge on any atom is 0.307 e. The molecule has 0 spiro atoms. The highest BCUT2D eigenvalue weighted by Crippen LogP contribution is 2.42. The van der Waals surface area contributed by atoms with Crippen LogP contribution in [0.2, 0.25) is 0 Å². The molecule has 0 saturated heterocycles. The summed E-state index contributed by atoms with van der Waals surface area (Å²) < 4.78 is 24.3. The number of esters is 1. The second-order valence-corrected chi connectivity index (χ2v) is 15.5. The molecule has 2 aliphatic rings. The van der Waals surface area contributed by atoms with Crippen LogP contribution in [0.25, 0.3) is 38.7 Å². The van der Waals surface area contributed by atoms with Crippen molar-refractivity contribution in [1.82, 2.24) is 4.98 Å². The number of fused-ring (bicyclic) bond motifs is 2. The Balaban J connectivity index is 1.61. The maximum absolute atomic E-state index is 14.5. The highest BCUT2D eigenvalue weighted by atomic mass is 16.7. The molecule has 4 aromatic rings. The Morgan fingerprint density at radius 2 is 1.73 bits per heavy atom. The third-order valence-electron chi connectivity index (χ3n) is 10.6. The predicted octanol–water partition coefficient (Wildman–Crippen LogP) is 7.30. The summed E-state index contributed by atoms with van der Waals surface area (Å²) in [6.07, 6.45) is 10.4. The number of hydrogen-bond donors (Lipinski definition) is 3. The molecule has 290 valence electrons. The Morgan fingerprint density at radius 3 is 2.44 bits per heavy atom. The van der Waals surface area contributed by atoms with Gasteiger partial charge in [-0.15, -0.1) is 0 Å². The molecule has 4 bridgehead atoms. The number of carbonyl (C=O) groups is 2. The van der Waals surface area contributed by atoms with E-state index in [1.807, 2.05) is 13.0 Å². The van der Waals surface area contributed by atoms with Gasteiger partial charge in [-0.25, -0.2) is 4.98 Å². The van der Waals surface area contributed by atoms with E-state index in [4.69, 9.17) is 18.6 Å². The number of allylic oxidation sites excluding steroid dienone is 4. The zero-order chi connectivity index (χ0) is 40.1. The van der Waals surface area contributed by atoms with E-state index in [-0.39, 0.29) is 90.6 Å². The number of nitrogens with one attached hydrogen (secondary N) is 1. The Kier molecular flexibility index (Phi) is 10.6. The number of carbonyl (C=O) groups excluding carboxylic acids is 2. The number of amides is 1. The van der Waals surface area contributed by atoms with Gasteiger partial charge in [-0.3, -0.25) is 19.2 Å². The zero-order valence-electron chi connectivity index (χ0n) is 32.7. The third-order valence-corrected chi connectivity index (χ3v) is 10.6. The van der Waals surface area contributed by atoms with E-state index >= 15 is 0 Å². The summed E-state index contributed by atoms with van der Waals surface area (Å²) in [6, 6.07) is 2.98. The van der Waals surface area contributed by atoms with Gasteiger partial charge in [0.15, 0.2) is 22.4 Å². The number of aromatic hydroxyl groups is 1. The molecule has 0 saturated carbocycles. The van der Waals surface area contributed by atoms with Crippen molar-refractivity contribution in [3.8, 4) is 11.5 Å². The number of phenolic OH excluding ortho intramolecular Hbond substituents is 1. The van der Waals surface area contributed by atoms with Crippen molar-refractivity contribution in [2.45, 2.75) is 93.5 Å². The lowest BCUT2D eigenvalue weighted by molar-refractivity contribution is -0.152. The summed E-state index contributed by atoms with van der Waals surface area (Å²) in [6.45, 7) is 16.1. The standard InChI is InChI=1S/C43H48N2O10/c1-20-12-10-13-24(5)42(51)45-35-37(49)31-30(34-40(35)54-29-19-22(3)18-28(47)33(29)44-34)32-39(26(7)36(31)48)55-43(9,41(32)50)52-15-11-14-23(4)38(53-27(8)46)25(6)17-21(2)16-20/h10-13,15,18-21,23,25,38,48,50H,14,16-17H2,1-9H3,(H,45,51)/b12-10+,15-11+,24-13-/t20-,21+,23+,25+,38+,43-/m0/s1. The molecule has 3 N–H and O–H groups in total. The molecular formula is C43H48N2O10. The fourth-order valence-electron chi connectivity index (χ4n) is 7.93. The molecule has 0 unspecified atom stereocenters. The van der Waals surface area contributed by atoms with Crippen LogP contribution >= 0.6 is 0 Å². The minimum absolute atomic E-state index is 0.0128. The lowest BCUT2D eigenvalue weighted by Gasteiger charge is -2.31. The van der Waals surface area contributed by atoms with E-state index < -0.39 is 34.1 Å². The summed E-state index contributed by atoms with van der Waals surface area (Å²) in [4.78, 5) is 58.2. The van der Waals surface area contributed by atoms with Crippen molar-refractivity contribution in [3.63, 3.8) is 0 Å². The molecule has 6 rings (SSSR count). The van der Waals surface area contributed by atoms with Crippen molar-refractivity contribution in [2.24, 2.45) is 23.7 Å². The van der Waals surface area contributed by atoms with E-state index in [1.54, 1.807) is 38.1 Å². The van der Waals surface area contributed by atoms with Crippen LogP contribution in [0.15, 0.2) is 62.3 Å². The van der Waals surface area contributed by atoms with Crippen LogP contribution < -0.4 is 26.1 Å². The minimum atomic E-state index is -1.82. The Labute approximate surface area is 318 Å². The zero-order valence-corrected chi connectivity index (χ0v) is 32.7. The first-order valence-corrected chi connectivity index (χ1v) is 18.6. The lowest BCUT2D eigenvalue weighted by Crippen LogP contribution is -2.33. The highest BCUT2D eigenvalue weighted by Gasteiger charge is 2.43. The predicted molar refractivity (Wildman–Crippen MR) is 211 cm³/mol. The first kappa shape index (κ1) is 39.1. The summed E-state index contributed by atoms with van der Waals surface area (Å²) in [7, 11) is 0. The van der Waals surface area contributed by atoms with Gasteiger partial charge in [0.25, 0.3) is 5.91 Å². The smallest absolute Gasteiger partial charge is 0.307 e. The van der Waals surface area contributed by atoms with Crippen molar-refractivity contribution < 1.29 is 38.4 Å². The molecule has 55 heavy (non-hydrogen) atoms. The normalized spacial score (nSPS) is 27.4. The number of aliphatic hydroxyl groups excluding tert-OH is 1. The molecular weight excluding hydrogens is 704 g/mol. The SMILES string of the molecule is CC(=O)O[C@@H]1[C@H](C)C/C=C/O[C@@]2(C)Oc3c(C)c(O)c4c(=O)c(c5oc6cc(C)cc(=O)c6nc5c4c3=C2O)NC(=O)/C(C)=C\C=C\[C@H](C)C[C@@H](C)C[C@H]1C. The first-order chi connectivity index (χ1) is 25.9. The largest absolute Gasteiger partial charge is 0.507 e. The van der Waals surface area contributed by atoms with Crippen molar-refractivity contribution >= 4 is 56.3 Å². The number of nitrogens with zero attached hydrogens (tertiary/aromatic N) is 1. The van der Waals surface area contributed by atoms with Gasteiger partial charge in [0, 0.05) is 30.4 Å². The fraction of sp³-hybridized carbons (Fsp3) is 0.419. The van der Waals surface area contributed by atoms with Crippen LogP contribution in [0.1, 0.15) is 78.9 Å². The van der Waals surface area contributed by atoms with Crippen molar-refractivity contribution in [3.05, 3.63) is 85.1 Å². The molecule has 3 aromatic carbocycles. The molecule has 0 radical (unpaired) electrons. The molecule has 3 heterocycles. The van der Waals surface area contributed by atoms with Gasteiger partial charge in [-0.05, 0) is 87.5 Å². The molecule has 12 nitrogen and oxygen atoms in total. The topological polar surface area (TPSA) is 174 Å². The monoisotopic (exact) mass is 752 g/mol. The summed E-state index contributed by atoms with van der Waals surface area (Å²) in [5, 5.41) is 25.9. The van der Waals surface area contributed by atoms with Crippen LogP contribution in [-0.4, -0.2) is 39.0 Å². The summed E-state index contributed by atoms with van der Waals surface area (Å²) in [5.41, 5.74) is -0.759. The minimum Gasteiger partial charge on any atom is -0.507 e. The van der Waals surface area contributed by atoms with Gasteiger partial charge in [-0.1, -0.05) is 45.9 Å². The van der Waals surface area contributed by atoms with Crippen molar-refractivity contribution in [2.75, 3.05) is 5.32 Å². The summed E-state index contributed by atoms with van der Waals surface area (Å²) in [5.74, 6) is -3.22. The summed E-state index contributed by atoms with van der Waals surface area (Å²) >= 11 is 0. The van der Waals surface area contributed by atoms with Gasteiger partial charge in [0.2, 0.25) is 10.9 Å². The van der Waals surface area contributed by atoms with Gasteiger partial charge >= 0.3 is 11.8 Å². The van der Waals surface area contributed by atoms with E-state index in [2.05, 4.69) is 31.1 Å². The second-order valence-electron chi connectivity index (χ2n) is 15.5. The lowest BCUT2D eigenvalue weighted by atomic mass is 9.82. The van der Waals surface area contributed by atoms with Gasteiger partial charge < -0.3 is 34.2 Å². The van der Waals surface area contributed by atoms with Crippen LogP contribution in [0.5, 0.6) is 11.5 Å². The highest BCUT2D eigenvalue weighted by molar-refractivity contribution is 6.16. The molecule has 1 aromatic heterocycles. The maximum atomic E-state index is 14.5. The van der Waals surface area contributed by atoms with E-state index in [9.17, 15) is 29.4 Å². The number of aryl methyl sites for hydroxylation is 1. The average molecular weight is 753 g/mol. The van der Waals surface area contributed by atoms with E-state index in [0.29, 0.717) is 17.9 Å². The average Bonchev–Trinajstić information content (AvgIpc) is 3.37. The molecule has 0 aliphatic carbocycles. The number of rotatable bonds is 1. The van der Waals surface area contributed by atoms with Gasteiger partial charge in [0.1, 0.15) is 28.8 Å². The number of ether oxygens (including phenoxy) is 3. The number of anilines is 1. The van der Waals surface area contributed by atoms with Gasteiger partial charge in [0.05, 0.1) is 16.9 Å². The molecule has 0 fully saturated rings. The van der Waals surface area contributed by atoms with Crippen molar-refractivity contribution in [1.29, 1.82) is 0 Å². The van der Waals surface area contributed by atoms with Crippen LogP contribution in [0.4, 0.5) is 5.69 Å². The van der Waals surface area contributed by atoms with Crippen LogP contribution in [0, 0.1) is 37.5 Å². The Morgan fingerprint density at radius 1 is 1.00 bits per heavy atom. The molecule has 1 amide bonds. The third kappa shape index (κ3) is 7.29. The fourth-order valence-corrected chi connectivity index (χ4v) is 7.93. The molecule has 6 atom stereocenters. The Hall–Kier alpha value is -5.65. The molecule has 12 heteroatoms. The van der Waals surface area contributed by atoms with Crippen LogP contribution in [0.3, 0.4) is 0 Å². The number of benzene rings is 3. The van der Waals surface area contributed by atoms with E-state index in [1.165, 1.54) is 33.1 Å². The second kappa shape index (κ2) is 14.9. The quantitative estimate of drug-likeness (QED) is 0.101. The first-order valence-electron chi connectivity index (χ1n) is 18.6. The van der Waals surface area contributed by atoms with E-state index in [0.717, 1.165) is 12.8 Å². The number of aliphatic hydroxyl groups is 1. The van der Waals surface area contributed by atoms with Gasteiger partial charge in [-0.2, -0.15) is 0 Å². The number of phenols is 1. The Bertz CT molecular complexity index is 2520. The number of aromatic nitrogens is 1.